The Bertz CT molecular complexity index is 159. The topological polar surface area (TPSA) is 75.4 Å². The summed E-state index contributed by atoms with van der Waals surface area (Å²) in [7, 11) is 0. The number of carbonyl (C=O) groups excluding carboxylic acids is 1. The summed E-state index contributed by atoms with van der Waals surface area (Å²) in [4.78, 5) is 10.3. The number of halogens is 3. The highest BCUT2D eigenvalue weighted by molar-refractivity contribution is 5.77. The van der Waals surface area contributed by atoms with Gasteiger partial charge in [0.05, 0.1) is 13.1 Å². The molecule has 0 aliphatic heterocycles. The molecule has 0 rings (SSSR count). The summed E-state index contributed by atoms with van der Waals surface area (Å²) in [6.07, 6.45) is -7.24. The number of carbonyl (C=O) groups is 1. The standard InChI is InChI=1S/C5H9F3N2O2/c6-5(7,8)3(11)2-10-4(12)1-9/h3,11H,1-2,9H2,(H,10,12). The van der Waals surface area contributed by atoms with Crippen LogP contribution in [0.15, 0.2) is 0 Å². The second kappa shape index (κ2) is 4.27. The van der Waals surface area contributed by atoms with Crippen LogP contribution in [0.3, 0.4) is 0 Å². The third-order valence-electron chi connectivity index (χ3n) is 1.06. The van der Waals surface area contributed by atoms with Crippen LogP contribution < -0.4 is 11.1 Å². The van der Waals surface area contributed by atoms with Crippen molar-refractivity contribution >= 4 is 5.91 Å². The summed E-state index contributed by atoms with van der Waals surface area (Å²) in [6.45, 7) is -1.26. The molecule has 4 N–H and O–H groups in total. The molecule has 0 aromatic heterocycles. The molecule has 0 heterocycles. The Hall–Kier alpha value is -0.820. The van der Waals surface area contributed by atoms with E-state index in [0.717, 1.165) is 0 Å². The van der Waals surface area contributed by atoms with Crippen LogP contribution in [0.2, 0.25) is 0 Å². The van der Waals surface area contributed by atoms with Crippen molar-refractivity contribution in [3.63, 3.8) is 0 Å². The number of hydrogen-bond acceptors (Lipinski definition) is 3. The monoisotopic (exact) mass is 186 g/mol. The molecule has 0 aromatic rings. The zero-order chi connectivity index (χ0) is 9.78. The Morgan fingerprint density at radius 1 is 1.58 bits per heavy atom. The van der Waals surface area contributed by atoms with Crippen molar-refractivity contribution in [3.8, 4) is 0 Å². The lowest BCUT2D eigenvalue weighted by atomic mass is 10.3. The number of aliphatic hydroxyl groups is 1. The molecule has 0 spiro atoms. The molecule has 0 aliphatic carbocycles. The molecule has 0 bridgehead atoms. The average Bonchev–Trinajstić information content (AvgIpc) is 1.97. The van der Waals surface area contributed by atoms with Gasteiger partial charge in [0.25, 0.3) is 0 Å². The number of nitrogens with one attached hydrogen (secondary N) is 1. The van der Waals surface area contributed by atoms with Gasteiger partial charge >= 0.3 is 6.18 Å². The zero-order valence-corrected chi connectivity index (χ0v) is 6.06. The van der Waals surface area contributed by atoms with E-state index in [2.05, 4.69) is 0 Å². The van der Waals surface area contributed by atoms with E-state index in [1.807, 2.05) is 0 Å². The van der Waals surface area contributed by atoms with E-state index in [1.165, 1.54) is 0 Å². The number of hydrogen-bond donors (Lipinski definition) is 3. The first-order chi connectivity index (χ1) is 5.38. The van der Waals surface area contributed by atoms with Gasteiger partial charge in [-0.05, 0) is 0 Å². The number of rotatable bonds is 3. The molecule has 4 nitrogen and oxygen atoms in total. The molecule has 1 unspecified atom stereocenters. The summed E-state index contributed by atoms with van der Waals surface area (Å²) in [6, 6.07) is 0. The summed E-state index contributed by atoms with van der Waals surface area (Å²) >= 11 is 0. The molecular formula is C5H9F3N2O2. The fraction of sp³-hybridized carbons (Fsp3) is 0.800. The van der Waals surface area contributed by atoms with Crippen LogP contribution in [0.1, 0.15) is 0 Å². The molecule has 0 fully saturated rings. The van der Waals surface area contributed by atoms with E-state index in [0.29, 0.717) is 0 Å². The van der Waals surface area contributed by atoms with Crippen LogP contribution in [-0.2, 0) is 4.79 Å². The predicted octanol–water partition coefficient (Wildman–Crippen LogP) is -1.02. The van der Waals surface area contributed by atoms with Gasteiger partial charge in [-0.2, -0.15) is 13.2 Å². The van der Waals surface area contributed by atoms with E-state index in [9.17, 15) is 18.0 Å². The van der Waals surface area contributed by atoms with Crippen LogP contribution in [0.5, 0.6) is 0 Å². The molecule has 0 radical (unpaired) electrons. The van der Waals surface area contributed by atoms with Gasteiger partial charge in [-0.1, -0.05) is 0 Å². The first-order valence-electron chi connectivity index (χ1n) is 3.09. The smallest absolute Gasteiger partial charge is 0.382 e. The minimum Gasteiger partial charge on any atom is -0.382 e. The third-order valence-corrected chi connectivity index (χ3v) is 1.06. The fourth-order valence-corrected chi connectivity index (χ4v) is 0.398. The molecule has 1 atom stereocenters. The number of aliphatic hydroxyl groups excluding tert-OH is 1. The number of alkyl halides is 3. The van der Waals surface area contributed by atoms with E-state index >= 15 is 0 Å². The van der Waals surface area contributed by atoms with Crippen molar-refractivity contribution in [2.75, 3.05) is 13.1 Å². The lowest BCUT2D eigenvalue weighted by Crippen LogP contribution is -2.42. The van der Waals surface area contributed by atoms with Crippen molar-refractivity contribution < 1.29 is 23.1 Å². The predicted molar refractivity (Wildman–Crippen MR) is 34.1 cm³/mol. The van der Waals surface area contributed by atoms with Gasteiger partial charge in [0.2, 0.25) is 5.91 Å². The minimum atomic E-state index is -4.71. The van der Waals surface area contributed by atoms with Crippen LogP contribution in [-0.4, -0.2) is 36.4 Å². The molecule has 0 aromatic carbocycles. The van der Waals surface area contributed by atoms with Gasteiger partial charge in [-0.3, -0.25) is 4.79 Å². The van der Waals surface area contributed by atoms with Crippen molar-refractivity contribution in [3.05, 3.63) is 0 Å². The lowest BCUT2D eigenvalue weighted by Gasteiger charge is -2.14. The lowest BCUT2D eigenvalue weighted by molar-refractivity contribution is -0.201. The molecule has 0 saturated heterocycles. The zero-order valence-electron chi connectivity index (χ0n) is 6.06. The van der Waals surface area contributed by atoms with Crippen LogP contribution in [0.4, 0.5) is 13.2 Å². The van der Waals surface area contributed by atoms with E-state index in [1.54, 1.807) is 5.32 Å². The van der Waals surface area contributed by atoms with Crippen LogP contribution in [0, 0.1) is 0 Å². The van der Waals surface area contributed by atoms with Crippen molar-refractivity contribution in [1.29, 1.82) is 0 Å². The molecule has 12 heavy (non-hydrogen) atoms. The second-order valence-electron chi connectivity index (χ2n) is 2.07. The first-order valence-corrected chi connectivity index (χ1v) is 3.09. The van der Waals surface area contributed by atoms with Crippen LogP contribution >= 0.6 is 0 Å². The first kappa shape index (κ1) is 11.2. The molecule has 7 heteroatoms. The highest BCUT2D eigenvalue weighted by Gasteiger charge is 2.37. The second-order valence-corrected chi connectivity index (χ2v) is 2.07. The van der Waals surface area contributed by atoms with Gasteiger partial charge in [0.15, 0.2) is 6.10 Å². The number of nitrogens with two attached hydrogens (primary N) is 1. The molecule has 72 valence electrons. The Morgan fingerprint density at radius 2 is 2.08 bits per heavy atom. The molecule has 0 aliphatic rings. The van der Waals surface area contributed by atoms with E-state index in [-0.39, 0.29) is 0 Å². The Balaban J connectivity index is 3.72. The summed E-state index contributed by atoms with van der Waals surface area (Å²) in [5.41, 5.74) is 4.79. The maximum atomic E-state index is 11.6. The molecule has 0 saturated carbocycles. The van der Waals surface area contributed by atoms with Crippen LogP contribution in [0.25, 0.3) is 0 Å². The number of amides is 1. The maximum absolute atomic E-state index is 11.6. The van der Waals surface area contributed by atoms with E-state index in [4.69, 9.17) is 10.8 Å². The Kier molecular flexibility index (Phi) is 3.98. The SMILES string of the molecule is NCC(=O)NCC(O)C(F)(F)F. The van der Waals surface area contributed by atoms with Crippen molar-refractivity contribution in [2.45, 2.75) is 12.3 Å². The third kappa shape index (κ3) is 4.14. The van der Waals surface area contributed by atoms with Gasteiger partial charge in [0, 0.05) is 0 Å². The highest BCUT2D eigenvalue weighted by Crippen LogP contribution is 2.18. The van der Waals surface area contributed by atoms with Gasteiger partial charge < -0.3 is 16.2 Å². The summed E-state index contributed by atoms with van der Waals surface area (Å²) in [5, 5.41) is 10.2. The van der Waals surface area contributed by atoms with Gasteiger partial charge in [-0.15, -0.1) is 0 Å². The largest absolute Gasteiger partial charge is 0.416 e. The quantitative estimate of drug-likeness (QED) is 0.528. The van der Waals surface area contributed by atoms with Crippen molar-refractivity contribution in [1.82, 2.24) is 5.32 Å². The normalized spacial score (nSPS) is 14.1. The van der Waals surface area contributed by atoms with Crippen molar-refractivity contribution in [2.24, 2.45) is 5.73 Å². The van der Waals surface area contributed by atoms with E-state index < -0.39 is 31.3 Å². The summed E-state index contributed by atoms with van der Waals surface area (Å²) in [5.74, 6) is -0.738. The maximum Gasteiger partial charge on any atom is 0.416 e. The van der Waals surface area contributed by atoms with Gasteiger partial charge in [0.1, 0.15) is 0 Å². The molecule has 1 amide bonds. The minimum absolute atomic E-state index is 0.398. The molecular weight excluding hydrogens is 177 g/mol. The fourth-order valence-electron chi connectivity index (χ4n) is 0.398. The Morgan fingerprint density at radius 3 is 2.42 bits per heavy atom. The summed E-state index contributed by atoms with van der Waals surface area (Å²) < 4.78 is 34.7. The van der Waals surface area contributed by atoms with Gasteiger partial charge in [-0.25, -0.2) is 0 Å². The highest BCUT2D eigenvalue weighted by atomic mass is 19.4. The average molecular weight is 186 g/mol. The Labute approximate surface area is 66.5 Å².